The second-order valence-electron chi connectivity index (χ2n) is 8.70. The first kappa shape index (κ1) is 18.8. The van der Waals surface area contributed by atoms with Gasteiger partial charge >= 0.3 is 0 Å². The van der Waals surface area contributed by atoms with Gasteiger partial charge < -0.3 is 15.5 Å². The van der Waals surface area contributed by atoms with E-state index in [1.54, 1.807) is 0 Å². The fraction of sp³-hybridized carbons (Fsp3) is 0.714. The van der Waals surface area contributed by atoms with E-state index < -0.39 is 0 Å². The monoisotopic (exact) mass is 388 g/mol. The topological polar surface area (TPSA) is 56.7 Å². The molecule has 1 atom stereocenters. The van der Waals surface area contributed by atoms with Crippen molar-refractivity contribution in [3.05, 3.63) is 22.4 Å². The SMILES string of the molecule is CN=C(NCC1(c2cccs2)CCCCC1)N1CCCC2(CNC(=O)C2)C1. The van der Waals surface area contributed by atoms with Crippen molar-refractivity contribution in [3.63, 3.8) is 0 Å². The van der Waals surface area contributed by atoms with E-state index in [0.29, 0.717) is 6.42 Å². The highest BCUT2D eigenvalue weighted by Crippen LogP contribution is 2.41. The third kappa shape index (κ3) is 3.86. The molecule has 27 heavy (non-hydrogen) atoms. The van der Waals surface area contributed by atoms with Crippen molar-refractivity contribution >= 4 is 23.2 Å². The molecule has 3 aliphatic rings. The average Bonchev–Trinajstić information content (AvgIpc) is 3.34. The summed E-state index contributed by atoms with van der Waals surface area (Å²) >= 11 is 1.90. The minimum Gasteiger partial charge on any atom is -0.355 e. The lowest BCUT2D eigenvalue weighted by Gasteiger charge is -2.42. The van der Waals surface area contributed by atoms with Gasteiger partial charge in [0.05, 0.1) is 0 Å². The lowest BCUT2D eigenvalue weighted by molar-refractivity contribution is -0.119. The van der Waals surface area contributed by atoms with Gasteiger partial charge in [-0.2, -0.15) is 0 Å². The first-order chi connectivity index (χ1) is 13.1. The van der Waals surface area contributed by atoms with Gasteiger partial charge in [0.2, 0.25) is 5.91 Å². The van der Waals surface area contributed by atoms with Crippen LogP contribution in [0.2, 0.25) is 0 Å². The van der Waals surface area contributed by atoms with Crippen LogP contribution in [0.4, 0.5) is 0 Å². The predicted molar refractivity (Wildman–Crippen MR) is 111 cm³/mol. The first-order valence-electron chi connectivity index (χ1n) is 10.4. The van der Waals surface area contributed by atoms with Crippen LogP contribution >= 0.6 is 11.3 Å². The zero-order chi connectivity index (χ0) is 18.7. The lowest BCUT2D eigenvalue weighted by atomic mass is 9.73. The van der Waals surface area contributed by atoms with Gasteiger partial charge in [0.15, 0.2) is 5.96 Å². The van der Waals surface area contributed by atoms with Gasteiger partial charge in [0.25, 0.3) is 0 Å². The van der Waals surface area contributed by atoms with E-state index in [1.807, 2.05) is 18.4 Å². The van der Waals surface area contributed by atoms with Gasteiger partial charge in [-0.3, -0.25) is 9.79 Å². The fourth-order valence-electron chi connectivity index (χ4n) is 5.33. The number of likely N-dealkylation sites (tertiary alicyclic amines) is 1. The van der Waals surface area contributed by atoms with Crippen LogP contribution in [0.25, 0.3) is 0 Å². The fourth-order valence-corrected chi connectivity index (χ4v) is 6.32. The molecule has 0 bridgehead atoms. The van der Waals surface area contributed by atoms with Crippen LogP contribution in [0.3, 0.4) is 0 Å². The number of hydrogen-bond acceptors (Lipinski definition) is 3. The van der Waals surface area contributed by atoms with E-state index in [4.69, 9.17) is 0 Å². The summed E-state index contributed by atoms with van der Waals surface area (Å²) in [6, 6.07) is 4.50. The molecular formula is C21H32N4OS. The molecule has 5 nitrogen and oxygen atoms in total. The third-order valence-electron chi connectivity index (χ3n) is 6.81. The van der Waals surface area contributed by atoms with Gasteiger partial charge in [0.1, 0.15) is 0 Å². The summed E-state index contributed by atoms with van der Waals surface area (Å²) in [6.45, 7) is 3.73. The minimum absolute atomic E-state index is 0.100. The Hall–Kier alpha value is -1.56. The van der Waals surface area contributed by atoms with Crippen molar-refractivity contribution in [2.45, 2.75) is 56.8 Å². The van der Waals surface area contributed by atoms with Gasteiger partial charge in [-0.25, -0.2) is 0 Å². The number of aliphatic imine (C=N–C) groups is 1. The molecule has 1 unspecified atom stereocenters. The van der Waals surface area contributed by atoms with Crippen molar-refractivity contribution in [1.29, 1.82) is 0 Å². The Labute approximate surface area is 166 Å². The zero-order valence-electron chi connectivity index (χ0n) is 16.4. The van der Waals surface area contributed by atoms with Crippen LogP contribution in [0, 0.1) is 5.41 Å². The molecule has 0 aromatic carbocycles. The molecule has 1 amide bonds. The van der Waals surface area contributed by atoms with Gasteiger partial charge in [-0.15, -0.1) is 11.3 Å². The molecular weight excluding hydrogens is 356 g/mol. The zero-order valence-corrected chi connectivity index (χ0v) is 17.2. The highest BCUT2D eigenvalue weighted by atomic mass is 32.1. The Morgan fingerprint density at radius 2 is 2.15 bits per heavy atom. The van der Waals surface area contributed by atoms with Crippen molar-refractivity contribution in [2.75, 3.05) is 33.2 Å². The van der Waals surface area contributed by atoms with Crippen LogP contribution < -0.4 is 10.6 Å². The molecule has 0 radical (unpaired) electrons. The van der Waals surface area contributed by atoms with E-state index in [9.17, 15) is 4.79 Å². The summed E-state index contributed by atoms with van der Waals surface area (Å²) in [5.41, 5.74) is 0.351. The molecule has 1 spiro atoms. The molecule has 148 valence electrons. The number of guanidine groups is 1. The van der Waals surface area contributed by atoms with Gasteiger partial charge in [0, 0.05) is 55.4 Å². The summed E-state index contributed by atoms with van der Waals surface area (Å²) in [6.07, 6.45) is 9.46. The maximum atomic E-state index is 11.8. The van der Waals surface area contributed by atoms with E-state index in [2.05, 4.69) is 38.0 Å². The number of piperidine rings is 1. The van der Waals surface area contributed by atoms with Crippen molar-refractivity contribution < 1.29 is 4.79 Å². The number of nitrogens with one attached hydrogen (secondary N) is 2. The van der Waals surface area contributed by atoms with Crippen LogP contribution in [0.1, 0.15) is 56.2 Å². The Kier molecular flexibility index (Phi) is 5.44. The molecule has 3 heterocycles. The number of thiophene rings is 1. The number of rotatable bonds is 3. The summed E-state index contributed by atoms with van der Waals surface area (Å²) in [5, 5.41) is 8.98. The van der Waals surface area contributed by atoms with E-state index >= 15 is 0 Å². The van der Waals surface area contributed by atoms with Crippen LogP contribution in [-0.4, -0.2) is 50.0 Å². The predicted octanol–water partition coefficient (Wildman–Crippen LogP) is 3.13. The Bertz CT molecular complexity index is 680. The second kappa shape index (κ2) is 7.82. The van der Waals surface area contributed by atoms with Crippen molar-refractivity contribution in [1.82, 2.24) is 15.5 Å². The Morgan fingerprint density at radius 1 is 1.30 bits per heavy atom. The minimum atomic E-state index is 0.100. The third-order valence-corrected chi connectivity index (χ3v) is 7.92. The number of amides is 1. The quantitative estimate of drug-likeness (QED) is 0.618. The molecule has 2 saturated heterocycles. The van der Waals surface area contributed by atoms with Crippen LogP contribution in [-0.2, 0) is 10.2 Å². The maximum Gasteiger partial charge on any atom is 0.220 e. The van der Waals surface area contributed by atoms with Crippen molar-refractivity contribution in [3.8, 4) is 0 Å². The van der Waals surface area contributed by atoms with Gasteiger partial charge in [-0.05, 0) is 37.1 Å². The molecule has 1 aromatic heterocycles. The number of hydrogen-bond donors (Lipinski definition) is 2. The molecule has 4 rings (SSSR count). The van der Waals surface area contributed by atoms with E-state index in [1.165, 1.54) is 37.0 Å². The van der Waals surface area contributed by atoms with Crippen LogP contribution in [0.15, 0.2) is 22.5 Å². The lowest BCUT2D eigenvalue weighted by Crippen LogP contribution is -2.53. The summed E-state index contributed by atoms with van der Waals surface area (Å²) in [7, 11) is 1.89. The Morgan fingerprint density at radius 3 is 2.81 bits per heavy atom. The molecule has 6 heteroatoms. The van der Waals surface area contributed by atoms with Gasteiger partial charge in [-0.1, -0.05) is 25.3 Å². The van der Waals surface area contributed by atoms with Crippen LogP contribution in [0.5, 0.6) is 0 Å². The molecule has 1 aliphatic carbocycles. The molecule has 2 aliphatic heterocycles. The normalized spacial score (nSPS) is 28.4. The van der Waals surface area contributed by atoms with E-state index in [0.717, 1.165) is 45.0 Å². The number of nitrogens with zero attached hydrogens (tertiary/aromatic N) is 2. The summed E-state index contributed by atoms with van der Waals surface area (Å²) in [4.78, 5) is 20.3. The molecule has 2 N–H and O–H groups in total. The van der Waals surface area contributed by atoms with E-state index in [-0.39, 0.29) is 16.7 Å². The second-order valence-corrected chi connectivity index (χ2v) is 9.65. The molecule has 1 aromatic rings. The largest absolute Gasteiger partial charge is 0.355 e. The Balaban J connectivity index is 1.45. The highest BCUT2D eigenvalue weighted by Gasteiger charge is 2.43. The standard InChI is InChI=1S/C21H32N4OS/c1-22-19(25-11-6-8-20(16-25)13-18(26)23-14-20)24-15-21(9-3-2-4-10-21)17-7-5-12-27-17/h5,7,12H,2-4,6,8-11,13-16H2,1H3,(H,22,24)(H,23,26). The smallest absolute Gasteiger partial charge is 0.220 e. The summed E-state index contributed by atoms with van der Waals surface area (Å²) in [5.74, 6) is 1.22. The number of carbonyl (C=O) groups excluding carboxylic acids is 1. The summed E-state index contributed by atoms with van der Waals surface area (Å²) < 4.78 is 0. The average molecular weight is 389 g/mol. The molecule has 1 saturated carbocycles. The molecule has 3 fully saturated rings. The first-order valence-corrected chi connectivity index (χ1v) is 11.3. The van der Waals surface area contributed by atoms with Crippen molar-refractivity contribution in [2.24, 2.45) is 10.4 Å². The number of carbonyl (C=O) groups is 1. The highest BCUT2D eigenvalue weighted by molar-refractivity contribution is 7.10. The maximum absolute atomic E-state index is 11.8.